The normalized spacial score (nSPS) is 11.0. The second-order valence-corrected chi connectivity index (χ2v) is 5.16. The van der Waals surface area contributed by atoms with Crippen LogP contribution in [0.4, 0.5) is 0 Å². The lowest BCUT2D eigenvalue weighted by Gasteiger charge is -2.25. The molecule has 1 aromatic rings. The second kappa shape index (κ2) is 9.23. The quantitative estimate of drug-likeness (QED) is 0.400. The van der Waals surface area contributed by atoms with E-state index in [-0.39, 0.29) is 11.4 Å². The molecule has 10 nitrogen and oxygen atoms in total. The molecule has 0 aliphatic carbocycles. The van der Waals surface area contributed by atoms with Gasteiger partial charge in [-0.15, -0.1) is 0 Å². The molecule has 0 spiro atoms. The molecule has 0 saturated heterocycles. The van der Waals surface area contributed by atoms with Crippen molar-refractivity contribution in [3.63, 3.8) is 0 Å². The Kier molecular flexibility index (Phi) is 7.65. The molecule has 0 aromatic carbocycles. The monoisotopic (exact) mass is 342 g/mol. The standard InChI is InChI=1S/C14H22N4O6/c1-17(9(5-19)6-20)13(23)11-3-16-12(4-15-11)14(24)18(2)10(7-21)8-22/h3-4,9-10,19-22H,5-8H2,1-2H3. The number of likely N-dealkylation sites (N-methyl/N-ethyl adjacent to an activating group) is 2. The highest BCUT2D eigenvalue weighted by Crippen LogP contribution is 2.07. The molecular weight excluding hydrogens is 320 g/mol. The van der Waals surface area contributed by atoms with Crippen LogP contribution in [-0.4, -0.2) is 105 Å². The minimum absolute atomic E-state index is 0.0514. The molecule has 4 N–H and O–H groups in total. The Morgan fingerprint density at radius 2 is 1.12 bits per heavy atom. The van der Waals surface area contributed by atoms with E-state index in [2.05, 4.69) is 9.97 Å². The third kappa shape index (κ3) is 4.45. The third-order valence-electron chi connectivity index (χ3n) is 3.67. The number of aliphatic hydroxyl groups is 4. The molecule has 1 rings (SSSR count). The van der Waals surface area contributed by atoms with Crippen LogP contribution < -0.4 is 0 Å². The zero-order valence-corrected chi connectivity index (χ0v) is 13.5. The van der Waals surface area contributed by atoms with Crippen molar-refractivity contribution in [1.82, 2.24) is 19.8 Å². The predicted octanol–water partition coefficient (Wildman–Crippen LogP) is -2.67. The van der Waals surface area contributed by atoms with Crippen molar-refractivity contribution in [2.45, 2.75) is 12.1 Å². The summed E-state index contributed by atoms with van der Waals surface area (Å²) in [6.07, 6.45) is 2.22. The van der Waals surface area contributed by atoms with Crippen LogP contribution in [0.1, 0.15) is 21.0 Å². The highest BCUT2D eigenvalue weighted by Gasteiger charge is 2.24. The fourth-order valence-electron chi connectivity index (χ4n) is 1.85. The van der Waals surface area contributed by atoms with Crippen molar-refractivity contribution in [3.8, 4) is 0 Å². The molecule has 0 atom stereocenters. The summed E-state index contributed by atoms with van der Waals surface area (Å²) in [5.74, 6) is -1.13. The van der Waals surface area contributed by atoms with Gasteiger partial charge in [0.15, 0.2) is 0 Å². The molecule has 24 heavy (non-hydrogen) atoms. The lowest BCUT2D eigenvalue weighted by atomic mass is 10.2. The zero-order chi connectivity index (χ0) is 18.3. The Bertz CT molecular complexity index is 496. The average Bonchev–Trinajstić information content (AvgIpc) is 2.62. The first-order valence-corrected chi connectivity index (χ1v) is 7.21. The van der Waals surface area contributed by atoms with Gasteiger partial charge in [-0.3, -0.25) is 9.59 Å². The van der Waals surface area contributed by atoms with Crippen LogP contribution in [0.2, 0.25) is 0 Å². The minimum Gasteiger partial charge on any atom is -0.394 e. The van der Waals surface area contributed by atoms with Crippen LogP contribution >= 0.6 is 0 Å². The van der Waals surface area contributed by atoms with E-state index in [1.54, 1.807) is 0 Å². The molecule has 0 saturated carbocycles. The van der Waals surface area contributed by atoms with E-state index in [4.69, 9.17) is 20.4 Å². The van der Waals surface area contributed by atoms with Gasteiger partial charge in [-0.05, 0) is 0 Å². The van der Waals surface area contributed by atoms with E-state index in [0.29, 0.717) is 0 Å². The van der Waals surface area contributed by atoms with E-state index in [1.807, 2.05) is 0 Å². The first-order valence-electron chi connectivity index (χ1n) is 7.21. The number of aliphatic hydroxyl groups excluding tert-OH is 4. The van der Waals surface area contributed by atoms with E-state index >= 15 is 0 Å². The van der Waals surface area contributed by atoms with Gasteiger partial charge in [0.25, 0.3) is 11.8 Å². The number of carbonyl (C=O) groups is 2. The molecule has 134 valence electrons. The molecular formula is C14H22N4O6. The maximum absolute atomic E-state index is 12.2. The summed E-state index contributed by atoms with van der Waals surface area (Å²) >= 11 is 0. The molecule has 1 heterocycles. The summed E-state index contributed by atoms with van der Waals surface area (Å²) in [7, 11) is 2.81. The van der Waals surface area contributed by atoms with Gasteiger partial charge in [0.1, 0.15) is 11.4 Å². The number of rotatable bonds is 8. The van der Waals surface area contributed by atoms with Crippen molar-refractivity contribution in [3.05, 3.63) is 23.8 Å². The van der Waals surface area contributed by atoms with Crippen molar-refractivity contribution < 1.29 is 30.0 Å². The predicted molar refractivity (Wildman–Crippen MR) is 82.1 cm³/mol. The van der Waals surface area contributed by atoms with Crippen LogP contribution in [0.25, 0.3) is 0 Å². The Morgan fingerprint density at radius 3 is 1.33 bits per heavy atom. The van der Waals surface area contributed by atoms with Crippen molar-refractivity contribution in [2.24, 2.45) is 0 Å². The van der Waals surface area contributed by atoms with Crippen LogP contribution in [0.15, 0.2) is 12.4 Å². The molecule has 0 radical (unpaired) electrons. The van der Waals surface area contributed by atoms with Crippen molar-refractivity contribution >= 4 is 11.8 Å². The molecule has 0 unspecified atom stereocenters. The fourth-order valence-corrected chi connectivity index (χ4v) is 1.85. The Hall–Kier alpha value is -2.14. The zero-order valence-electron chi connectivity index (χ0n) is 13.5. The van der Waals surface area contributed by atoms with Gasteiger partial charge < -0.3 is 30.2 Å². The Balaban J connectivity index is 2.89. The number of hydrogen-bond acceptors (Lipinski definition) is 8. The molecule has 0 aliphatic rings. The highest BCUT2D eigenvalue weighted by atomic mass is 16.3. The third-order valence-corrected chi connectivity index (χ3v) is 3.67. The molecule has 0 bridgehead atoms. The van der Waals surface area contributed by atoms with Crippen molar-refractivity contribution in [1.29, 1.82) is 0 Å². The lowest BCUT2D eigenvalue weighted by Crippen LogP contribution is -2.43. The number of carbonyl (C=O) groups excluding carboxylic acids is 2. The van der Waals surface area contributed by atoms with Gasteiger partial charge >= 0.3 is 0 Å². The second-order valence-electron chi connectivity index (χ2n) is 5.16. The van der Waals surface area contributed by atoms with Gasteiger partial charge in [-0.25, -0.2) is 9.97 Å². The molecule has 0 fully saturated rings. The maximum Gasteiger partial charge on any atom is 0.274 e. The summed E-state index contributed by atoms with van der Waals surface area (Å²) in [6.45, 7) is -1.62. The largest absolute Gasteiger partial charge is 0.394 e. The van der Waals surface area contributed by atoms with E-state index < -0.39 is 50.3 Å². The maximum atomic E-state index is 12.2. The Morgan fingerprint density at radius 1 is 0.833 bits per heavy atom. The number of aromatic nitrogens is 2. The number of amides is 2. The molecule has 1 aromatic heterocycles. The minimum atomic E-state index is -0.762. The smallest absolute Gasteiger partial charge is 0.274 e. The molecule has 0 aliphatic heterocycles. The van der Waals surface area contributed by atoms with Gasteiger partial charge in [0.05, 0.1) is 50.9 Å². The Labute approximate surface area is 139 Å². The van der Waals surface area contributed by atoms with Crippen LogP contribution in [-0.2, 0) is 0 Å². The van der Waals surface area contributed by atoms with Crippen molar-refractivity contribution in [2.75, 3.05) is 40.5 Å². The topological polar surface area (TPSA) is 147 Å². The van der Waals surface area contributed by atoms with Crippen LogP contribution in [0.3, 0.4) is 0 Å². The van der Waals surface area contributed by atoms with E-state index in [0.717, 1.165) is 22.2 Å². The van der Waals surface area contributed by atoms with Gasteiger partial charge in [-0.1, -0.05) is 0 Å². The van der Waals surface area contributed by atoms with Gasteiger partial charge in [0.2, 0.25) is 0 Å². The summed E-state index contributed by atoms with van der Waals surface area (Å²) in [5, 5.41) is 36.4. The fraction of sp³-hybridized carbons (Fsp3) is 0.571. The molecule has 2 amide bonds. The summed E-state index contributed by atoms with van der Waals surface area (Å²) in [4.78, 5) is 34.3. The molecule has 10 heteroatoms. The summed E-state index contributed by atoms with van der Waals surface area (Å²) in [6, 6.07) is -1.52. The van der Waals surface area contributed by atoms with Gasteiger partial charge in [-0.2, -0.15) is 0 Å². The van der Waals surface area contributed by atoms with Crippen LogP contribution in [0.5, 0.6) is 0 Å². The number of nitrogens with zero attached hydrogens (tertiary/aromatic N) is 4. The SMILES string of the molecule is CN(C(=O)c1cnc(C(=O)N(C)C(CO)CO)cn1)C(CO)CO. The van der Waals surface area contributed by atoms with Crippen LogP contribution in [0, 0.1) is 0 Å². The first-order chi connectivity index (χ1) is 11.4. The van der Waals surface area contributed by atoms with E-state index in [9.17, 15) is 9.59 Å². The first kappa shape index (κ1) is 19.9. The summed E-state index contributed by atoms with van der Waals surface area (Å²) in [5.41, 5.74) is -0.103. The highest BCUT2D eigenvalue weighted by molar-refractivity contribution is 5.94. The van der Waals surface area contributed by atoms with Gasteiger partial charge in [0, 0.05) is 14.1 Å². The van der Waals surface area contributed by atoms with E-state index in [1.165, 1.54) is 14.1 Å². The summed E-state index contributed by atoms with van der Waals surface area (Å²) < 4.78 is 0. The number of hydrogen-bond donors (Lipinski definition) is 4. The average molecular weight is 342 g/mol. The lowest BCUT2D eigenvalue weighted by molar-refractivity contribution is 0.0529.